The molecule has 4 atom stereocenters. The molecule has 2 aromatic rings. The summed E-state index contributed by atoms with van der Waals surface area (Å²) in [6, 6.07) is 0. The first-order chi connectivity index (χ1) is 10.4. The molecule has 1 saturated heterocycles. The first-order valence-electron chi connectivity index (χ1n) is 6.53. The molecule has 0 amide bonds. The van der Waals surface area contributed by atoms with Gasteiger partial charge in [-0.15, -0.1) is 6.42 Å². The Morgan fingerprint density at radius 3 is 2.91 bits per heavy atom. The molecule has 22 heavy (non-hydrogen) atoms. The van der Waals surface area contributed by atoms with E-state index >= 15 is 0 Å². The molecule has 2 aromatic heterocycles. The van der Waals surface area contributed by atoms with Crippen molar-refractivity contribution in [2.75, 3.05) is 12.3 Å². The second kappa shape index (κ2) is 4.89. The van der Waals surface area contributed by atoms with Crippen LogP contribution in [0.25, 0.3) is 11.2 Å². The van der Waals surface area contributed by atoms with Crippen molar-refractivity contribution in [1.29, 1.82) is 0 Å². The zero-order valence-corrected chi connectivity index (χ0v) is 11.7. The maximum Gasteiger partial charge on any atom is 0.199 e. The number of fused-ring (bicyclic) bond motifs is 1. The molecule has 3 rings (SSSR count). The number of nitrogens with two attached hydrogens (primary N) is 1. The summed E-state index contributed by atoms with van der Waals surface area (Å²) in [6.45, 7) is 1.16. The maximum absolute atomic E-state index is 10.6. The summed E-state index contributed by atoms with van der Waals surface area (Å²) in [5, 5.41) is 29.9. The molecular formula is C13H15N5O4. The third-order valence-corrected chi connectivity index (χ3v) is 3.71. The van der Waals surface area contributed by atoms with Gasteiger partial charge < -0.3 is 25.8 Å². The first-order valence-corrected chi connectivity index (χ1v) is 6.53. The van der Waals surface area contributed by atoms with Gasteiger partial charge >= 0.3 is 0 Å². The lowest BCUT2D eigenvalue weighted by molar-refractivity contribution is -0.0721. The van der Waals surface area contributed by atoms with Crippen molar-refractivity contribution in [3.05, 3.63) is 12.2 Å². The van der Waals surface area contributed by atoms with Crippen LogP contribution in [-0.2, 0) is 4.74 Å². The van der Waals surface area contributed by atoms with Gasteiger partial charge in [-0.25, -0.2) is 15.0 Å². The summed E-state index contributed by atoms with van der Waals surface area (Å²) in [5.74, 6) is 2.73. The van der Waals surface area contributed by atoms with Crippen LogP contribution >= 0.6 is 0 Å². The predicted octanol–water partition coefficient (Wildman–Crippen LogP) is -1.67. The van der Waals surface area contributed by atoms with Crippen LogP contribution in [-0.4, -0.2) is 59.3 Å². The van der Waals surface area contributed by atoms with Gasteiger partial charge in [0.2, 0.25) is 0 Å². The minimum Gasteiger partial charge on any atom is -0.394 e. The van der Waals surface area contributed by atoms with Gasteiger partial charge in [-0.05, 0) is 6.92 Å². The van der Waals surface area contributed by atoms with E-state index in [1.54, 1.807) is 6.92 Å². The van der Waals surface area contributed by atoms with Gasteiger partial charge in [-0.3, -0.25) is 4.57 Å². The van der Waals surface area contributed by atoms with Crippen LogP contribution in [0.3, 0.4) is 0 Å². The molecule has 0 aromatic carbocycles. The summed E-state index contributed by atoms with van der Waals surface area (Å²) in [6.07, 6.45) is 3.06. The topological polar surface area (TPSA) is 140 Å². The Kier molecular flexibility index (Phi) is 3.26. The normalized spacial score (nSPS) is 31.5. The van der Waals surface area contributed by atoms with Crippen molar-refractivity contribution in [2.24, 2.45) is 0 Å². The summed E-state index contributed by atoms with van der Waals surface area (Å²) >= 11 is 0. The van der Waals surface area contributed by atoms with E-state index in [-0.39, 0.29) is 5.82 Å². The number of anilines is 1. The molecular weight excluding hydrogens is 290 g/mol. The van der Waals surface area contributed by atoms with Crippen LogP contribution < -0.4 is 5.73 Å². The lowest BCUT2D eigenvalue weighted by Crippen LogP contribution is -2.45. The van der Waals surface area contributed by atoms with Crippen molar-refractivity contribution >= 4 is 17.0 Å². The summed E-state index contributed by atoms with van der Waals surface area (Å²) in [5.41, 5.74) is 4.40. The maximum atomic E-state index is 10.6. The number of terminal acetylenes is 1. The van der Waals surface area contributed by atoms with E-state index in [0.717, 1.165) is 0 Å². The molecule has 9 nitrogen and oxygen atoms in total. The first kappa shape index (κ1) is 14.7. The number of ether oxygens (including phenoxy) is 1. The van der Waals surface area contributed by atoms with Crippen LogP contribution in [0.4, 0.5) is 5.82 Å². The quantitative estimate of drug-likeness (QED) is 0.483. The third kappa shape index (κ3) is 1.86. The summed E-state index contributed by atoms with van der Waals surface area (Å²) in [4.78, 5) is 12.3. The van der Waals surface area contributed by atoms with Crippen LogP contribution in [0, 0.1) is 19.3 Å². The van der Waals surface area contributed by atoms with E-state index < -0.39 is 30.6 Å². The molecule has 1 aliphatic rings. The molecule has 0 saturated carbocycles. The Labute approximate surface area is 125 Å². The minimum absolute atomic E-state index is 0.183. The summed E-state index contributed by atoms with van der Waals surface area (Å²) in [7, 11) is 0. The number of hydrogen-bond donors (Lipinski definition) is 4. The van der Waals surface area contributed by atoms with Crippen LogP contribution in [0.5, 0.6) is 0 Å². The molecule has 0 spiro atoms. The van der Waals surface area contributed by atoms with E-state index in [2.05, 4.69) is 20.9 Å². The fourth-order valence-corrected chi connectivity index (χ4v) is 2.57. The fourth-order valence-electron chi connectivity index (χ4n) is 2.57. The van der Waals surface area contributed by atoms with Gasteiger partial charge in [0.15, 0.2) is 23.3 Å². The van der Waals surface area contributed by atoms with Crippen molar-refractivity contribution in [3.63, 3.8) is 0 Å². The average Bonchev–Trinajstić information content (AvgIpc) is 3.00. The van der Waals surface area contributed by atoms with E-state index in [4.69, 9.17) is 16.9 Å². The van der Waals surface area contributed by atoms with Crippen molar-refractivity contribution in [3.8, 4) is 12.3 Å². The van der Waals surface area contributed by atoms with E-state index in [1.165, 1.54) is 10.9 Å². The minimum atomic E-state index is -2.03. The van der Waals surface area contributed by atoms with Gasteiger partial charge in [0, 0.05) is 0 Å². The molecule has 1 fully saturated rings. The van der Waals surface area contributed by atoms with E-state index in [0.29, 0.717) is 17.0 Å². The van der Waals surface area contributed by atoms with Crippen LogP contribution in [0.15, 0.2) is 6.33 Å². The largest absolute Gasteiger partial charge is 0.394 e. The van der Waals surface area contributed by atoms with Crippen molar-refractivity contribution in [2.45, 2.75) is 31.0 Å². The molecule has 9 heteroatoms. The third-order valence-electron chi connectivity index (χ3n) is 3.71. The molecule has 0 bridgehead atoms. The van der Waals surface area contributed by atoms with Gasteiger partial charge in [-0.1, -0.05) is 5.92 Å². The lowest BCUT2D eigenvalue weighted by Gasteiger charge is -2.26. The van der Waals surface area contributed by atoms with Gasteiger partial charge in [0.1, 0.15) is 23.5 Å². The number of nitrogen functional groups attached to an aromatic ring is 1. The molecule has 1 aliphatic heterocycles. The van der Waals surface area contributed by atoms with Crippen LogP contribution in [0.1, 0.15) is 12.1 Å². The van der Waals surface area contributed by atoms with E-state index in [9.17, 15) is 15.3 Å². The average molecular weight is 305 g/mol. The second-order valence-corrected chi connectivity index (χ2v) is 5.10. The SMILES string of the molecule is C#C[C@@]1(O)[C@H](O)[C@@H](CO)O[C@H]1n1cnc2c(N)nc(C)nc21. The highest BCUT2D eigenvalue weighted by Crippen LogP contribution is 2.39. The monoisotopic (exact) mass is 305 g/mol. The van der Waals surface area contributed by atoms with Gasteiger partial charge in [0.05, 0.1) is 12.9 Å². The molecule has 5 N–H and O–H groups in total. The number of aryl methyl sites for hydroxylation is 1. The van der Waals surface area contributed by atoms with Crippen molar-refractivity contribution in [1.82, 2.24) is 19.5 Å². The predicted molar refractivity (Wildman–Crippen MR) is 75.3 cm³/mol. The van der Waals surface area contributed by atoms with Gasteiger partial charge in [0.25, 0.3) is 0 Å². The number of aliphatic hydroxyl groups excluding tert-OH is 2. The number of rotatable bonds is 2. The summed E-state index contributed by atoms with van der Waals surface area (Å²) < 4.78 is 6.86. The standard InChI is InChI=1S/C13H15N5O4/c1-3-13(21)9(20)7(4-19)22-12(13)18-5-15-8-10(14)16-6(2)17-11(8)18/h1,5,7,9,12,19-21H,4H2,2H3,(H2,14,16,17)/t7-,9-,12-,13-/m1/s1. The Bertz CT molecular complexity index is 770. The Morgan fingerprint density at radius 1 is 1.55 bits per heavy atom. The Balaban J connectivity index is 2.17. The zero-order chi connectivity index (χ0) is 16.1. The number of nitrogens with zero attached hydrogens (tertiary/aromatic N) is 4. The number of hydrogen-bond acceptors (Lipinski definition) is 8. The Hall–Kier alpha value is -2.25. The molecule has 0 aliphatic carbocycles. The lowest BCUT2D eigenvalue weighted by atomic mass is 9.95. The van der Waals surface area contributed by atoms with E-state index in [1.807, 2.05) is 0 Å². The molecule has 0 radical (unpaired) electrons. The molecule has 116 valence electrons. The molecule has 3 heterocycles. The number of imidazole rings is 1. The number of aromatic nitrogens is 4. The highest BCUT2D eigenvalue weighted by atomic mass is 16.6. The van der Waals surface area contributed by atoms with Gasteiger partial charge in [-0.2, -0.15) is 0 Å². The number of aliphatic hydroxyl groups is 3. The zero-order valence-electron chi connectivity index (χ0n) is 11.7. The van der Waals surface area contributed by atoms with Crippen molar-refractivity contribution < 1.29 is 20.1 Å². The fraction of sp³-hybridized carbons (Fsp3) is 0.462. The second-order valence-electron chi connectivity index (χ2n) is 5.10. The smallest absolute Gasteiger partial charge is 0.199 e. The Morgan fingerprint density at radius 2 is 2.27 bits per heavy atom. The van der Waals surface area contributed by atoms with Crippen LogP contribution in [0.2, 0.25) is 0 Å². The molecule has 0 unspecified atom stereocenters. The highest BCUT2D eigenvalue weighted by molar-refractivity contribution is 5.81. The highest BCUT2D eigenvalue weighted by Gasteiger charge is 2.55.